The molecule has 0 spiro atoms. The lowest BCUT2D eigenvalue weighted by atomic mass is 10.4. The van der Waals surface area contributed by atoms with Gasteiger partial charge in [0.25, 0.3) is 0 Å². The quantitative estimate of drug-likeness (QED) is 0.596. The highest BCUT2D eigenvalue weighted by Crippen LogP contribution is 2.02. The van der Waals surface area contributed by atoms with Crippen molar-refractivity contribution in [1.29, 1.82) is 0 Å². The third kappa shape index (κ3) is 2.78. The van der Waals surface area contributed by atoms with Crippen LogP contribution in [-0.2, 0) is 0 Å². The monoisotopic (exact) mass is 180 g/mol. The summed E-state index contributed by atoms with van der Waals surface area (Å²) in [5.74, 6) is 0.368. The maximum absolute atomic E-state index is 10.1. The van der Waals surface area contributed by atoms with Gasteiger partial charge in [0.1, 0.15) is 12.1 Å². The van der Waals surface area contributed by atoms with Crippen LogP contribution < -0.4 is 10.9 Å². The van der Waals surface area contributed by atoms with Crippen molar-refractivity contribution >= 4 is 18.0 Å². The molecule has 0 aromatic carbocycles. The fourth-order valence-corrected chi connectivity index (χ4v) is 0.670. The number of aromatic nitrogens is 2. The van der Waals surface area contributed by atoms with Crippen molar-refractivity contribution in [2.24, 2.45) is 0 Å². The molecule has 0 aliphatic heterocycles. The van der Waals surface area contributed by atoms with E-state index < -0.39 is 6.09 Å². The first-order chi connectivity index (χ1) is 6.22. The minimum absolute atomic E-state index is 0.368. The second-order valence-corrected chi connectivity index (χ2v) is 2.09. The molecule has 0 radical (unpaired) electrons. The summed E-state index contributed by atoms with van der Waals surface area (Å²) in [6.45, 7) is 3.51. The first kappa shape index (κ1) is 8.98. The predicted octanol–water partition coefficient (Wildman–Crippen LogP) is 0.714. The highest BCUT2D eigenvalue weighted by Gasteiger charge is 1.96. The first-order valence-electron chi connectivity index (χ1n) is 3.42. The Morgan fingerprint density at radius 3 is 3.00 bits per heavy atom. The van der Waals surface area contributed by atoms with E-state index in [1.54, 1.807) is 6.07 Å². The molecule has 68 valence electrons. The van der Waals surface area contributed by atoms with E-state index in [2.05, 4.69) is 22.0 Å². The second kappa shape index (κ2) is 4.05. The van der Waals surface area contributed by atoms with Gasteiger partial charge >= 0.3 is 6.09 Å². The number of hydrogen-bond acceptors (Lipinski definition) is 4. The molecule has 0 saturated heterocycles. The van der Waals surface area contributed by atoms with Gasteiger partial charge in [0.2, 0.25) is 0 Å². The predicted molar refractivity (Wildman–Crippen MR) is 46.9 cm³/mol. The average molecular weight is 180 g/mol. The van der Waals surface area contributed by atoms with Crippen LogP contribution in [-0.4, -0.2) is 21.2 Å². The molecule has 0 bridgehead atoms. The molecule has 3 N–H and O–H groups in total. The summed E-state index contributed by atoms with van der Waals surface area (Å²) in [7, 11) is 0. The van der Waals surface area contributed by atoms with Crippen LogP contribution in [0.3, 0.4) is 0 Å². The van der Waals surface area contributed by atoms with Crippen molar-refractivity contribution in [3.63, 3.8) is 0 Å². The zero-order valence-electron chi connectivity index (χ0n) is 6.69. The topological polar surface area (TPSA) is 87.1 Å². The van der Waals surface area contributed by atoms with Crippen molar-refractivity contribution in [1.82, 2.24) is 15.4 Å². The van der Waals surface area contributed by atoms with Gasteiger partial charge in [0.15, 0.2) is 0 Å². The average Bonchev–Trinajstić information content (AvgIpc) is 2.15. The van der Waals surface area contributed by atoms with E-state index in [-0.39, 0.29) is 0 Å². The standard InChI is InChI=1S/C7H8N4O2/c1-2-5-3-6(9-4-8-5)10-11-7(12)13/h2-4,11H,1H2,(H,12,13)(H,8,9,10). The molecule has 1 amide bonds. The van der Waals surface area contributed by atoms with Gasteiger partial charge in [-0.2, -0.15) is 0 Å². The first-order valence-corrected chi connectivity index (χ1v) is 3.42. The third-order valence-corrected chi connectivity index (χ3v) is 1.19. The van der Waals surface area contributed by atoms with E-state index in [1.165, 1.54) is 12.4 Å². The number of nitrogens with zero attached hydrogens (tertiary/aromatic N) is 2. The summed E-state index contributed by atoms with van der Waals surface area (Å²) >= 11 is 0. The summed E-state index contributed by atoms with van der Waals surface area (Å²) in [5.41, 5.74) is 4.94. The molecule has 0 unspecified atom stereocenters. The van der Waals surface area contributed by atoms with Crippen LogP contribution in [0.2, 0.25) is 0 Å². The van der Waals surface area contributed by atoms with E-state index in [0.29, 0.717) is 11.5 Å². The highest BCUT2D eigenvalue weighted by molar-refractivity contribution is 5.66. The molecule has 0 saturated carbocycles. The van der Waals surface area contributed by atoms with Crippen LogP contribution in [0.1, 0.15) is 5.69 Å². The van der Waals surface area contributed by atoms with Gasteiger partial charge < -0.3 is 5.11 Å². The molecule has 0 fully saturated rings. The van der Waals surface area contributed by atoms with Gasteiger partial charge in [-0.3, -0.25) is 5.43 Å². The molecule has 1 heterocycles. The van der Waals surface area contributed by atoms with E-state index in [0.717, 1.165) is 0 Å². The molecule has 1 aromatic rings. The number of amides is 1. The Morgan fingerprint density at radius 2 is 2.38 bits per heavy atom. The summed E-state index contributed by atoms with van der Waals surface area (Å²) < 4.78 is 0. The van der Waals surface area contributed by atoms with Crippen LogP contribution in [0.15, 0.2) is 19.0 Å². The molecule has 13 heavy (non-hydrogen) atoms. The van der Waals surface area contributed by atoms with E-state index in [9.17, 15) is 4.79 Å². The zero-order chi connectivity index (χ0) is 9.68. The lowest BCUT2D eigenvalue weighted by Gasteiger charge is -2.03. The van der Waals surface area contributed by atoms with Crippen LogP contribution in [0.4, 0.5) is 10.6 Å². The number of nitrogens with one attached hydrogen (secondary N) is 2. The Labute approximate surface area is 74.3 Å². The fraction of sp³-hybridized carbons (Fsp3) is 0. The summed E-state index contributed by atoms with van der Waals surface area (Å²) in [5, 5.41) is 8.26. The SMILES string of the molecule is C=Cc1cc(NNC(=O)O)ncn1. The van der Waals surface area contributed by atoms with Crippen molar-refractivity contribution in [3.05, 3.63) is 24.7 Å². The number of hydrogen-bond donors (Lipinski definition) is 3. The van der Waals surface area contributed by atoms with E-state index in [1.807, 2.05) is 5.43 Å². The summed E-state index contributed by atoms with van der Waals surface area (Å²) in [4.78, 5) is 17.7. The van der Waals surface area contributed by atoms with Gasteiger partial charge in [-0.15, -0.1) is 0 Å². The van der Waals surface area contributed by atoms with Crippen LogP contribution in [0.25, 0.3) is 6.08 Å². The van der Waals surface area contributed by atoms with Crippen molar-refractivity contribution in [2.45, 2.75) is 0 Å². The fourth-order valence-electron chi connectivity index (χ4n) is 0.670. The van der Waals surface area contributed by atoms with Gasteiger partial charge in [-0.1, -0.05) is 6.58 Å². The maximum Gasteiger partial charge on any atom is 0.423 e. The van der Waals surface area contributed by atoms with Crippen molar-refractivity contribution < 1.29 is 9.90 Å². The molecule has 1 aromatic heterocycles. The van der Waals surface area contributed by atoms with Crippen LogP contribution in [0.5, 0.6) is 0 Å². The zero-order valence-corrected chi connectivity index (χ0v) is 6.69. The molecule has 0 atom stereocenters. The molecule has 6 nitrogen and oxygen atoms in total. The summed E-state index contributed by atoms with van der Waals surface area (Å²) in [6, 6.07) is 1.56. The minimum Gasteiger partial charge on any atom is -0.464 e. The van der Waals surface area contributed by atoms with Gasteiger partial charge in [-0.05, 0) is 6.08 Å². The van der Waals surface area contributed by atoms with Gasteiger partial charge in [0.05, 0.1) is 5.69 Å². The molecular formula is C7H8N4O2. The number of rotatable bonds is 3. The van der Waals surface area contributed by atoms with E-state index >= 15 is 0 Å². The third-order valence-electron chi connectivity index (χ3n) is 1.19. The Hall–Kier alpha value is -2.11. The number of hydrazine groups is 1. The Morgan fingerprint density at radius 1 is 1.62 bits per heavy atom. The van der Waals surface area contributed by atoms with Crippen LogP contribution in [0, 0.1) is 0 Å². The Balaban J connectivity index is 2.66. The smallest absolute Gasteiger partial charge is 0.423 e. The normalized spacial score (nSPS) is 8.92. The van der Waals surface area contributed by atoms with Gasteiger partial charge in [0, 0.05) is 6.07 Å². The largest absolute Gasteiger partial charge is 0.464 e. The Kier molecular flexibility index (Phi) is 2.80. The second-order valence-electron chi connectivity index (χ2n) is 2.09. The van der Waals surface area contributed by atoms with Crippen molar-refractivity contribution in [3.8, 4) is 0 Å². The van der Waals surface area contributed by atoms with Crippen molar-refractivity contribution in [2.75, 3.05) is 5.43 Å². The lowest BCUT2D eigenvalue weighted by Crippen LogP contribution is -2.27. The van der Waals surface area contributed by atoms with Gasteiger partial charge in [-0.25, -0.2) is 20.2 Å². The maximum atomic E-state index is 10.1. The van der Waals surface area contributed by atoms with E-state index in [4.69, 9.17) is 5.11 Å². The molecule has 1 rings (SSSR count). The number of carbonyl (C=O) groups is 1. The van der Waals surface area contributed by atoms with Crippen LogP contribution >= 0.6 is 0 Å². The highest BCUT2D eigenvalue weighted by atomic mass is 16.4. The molecular weight excluding hydrogens is 172 g/mol. The minimum atomic E-state index is -1.18. The Bertz CT molecular complexity index is 326. The summed E-state index contributed by atoms with van der Waals surface area (Å²) in [6.07, 6.45) is 1.66. The molecule has 0 aliphatic rings. The lowest BCUT2D eigenvalue weighted by molar-refractivity contribution is 0.197. The number of anilines is 1. The molecule has 6 heteroatoms. The molecule has 0 aliphatic carbocycles. The number of carboxylic acid groups (broad SMARTS) is 1.